The standard InChI is InChI=1S/C33H29N5O.C2HF3O2/c1-5-37(4)21-12-22-38-30-23-27(25-13-8-6-9-14-25)17-19-31(30)39-32(38)20-18-28(35-2)33(29(24-34)36-3)26-15-10-7-11-16-26;3-2(4,5)1(6)7/h6-11,13-20,23H,5,12,21-22H2,1,4H3;(H,6,7)/p-1/b28-18?,32-20?,33-29+;. The SMILES string of the molecule is O=C([O-])C(F)(F)F.[C-]#[N+]C(=CC=C1Oc2ccc(-c3ccccc3)cc2N1CCCN(C)CC)/C(=C(\C#N)[N+]#[C-])c1ccccc1. The van der Waals surface area contributed by atoms with Gasteiger partial charge in [-0.2, -0.15) is 13.2 Å². The average molecular weight is 625 g/mol. The zero-order valence-electron chi connectivity index (χ0n) is 25.1. The lowest BCUT2D eigenvalue weighted by Crippen LogP contribution is -2.37. The number of hydrogen-bond donors (Lipinski definition) is 0. The van der Waals surface area contributed by atoms with Crippen molar-refractivity contribution >= 4 is 17.2 Å². The first-order valence-corrected chi connectivity index (χ1v) is 14.0. The topological polar surface area (TPSA) is 88.4 Å². The van der Waals surface area contributed by atoms with E-state index in [4.69, 9.17) is 27.8 Å². The van der Waals surface area contributed by atoms with Crippen LogP contribution in [0.1, 0.15) is 18.9 Å². The number of fused-ring (bicyclic) bond motifs is 1. The maximum absolute atomic E-state index is 10.5. The Hall–Kier alpha value is -5.83. The highest BCUT2D eigenvalue weighted by Gasteiger charge is 2.29. The smallest absolute Gasteiger partial charge is 0.430 e. The highest BCUT2D eigenvalue weighted by molar-refractivity contribution is 5.86. The number of aliphatic carboxylic acids is 1. The number of hydrogen-bond acceptors (Lipinski definition) is 6. The van der Waals surface area contributed by atoms with Crippen LogP contribution in [0.15, 0.2) is 108 Å². The molecule has 0 atom stereocenters. The summed E-state index contributed by atoms with van der Waals surface area (Å²) in [6.07, 6.45) is -0.867. The average Bonchev–Trinajstić information content (AvgIpc) is 3.41. The summed E-state index contributed by atoms with van der Waals surface area (Å²) in [6.45, 7) is 20.1. The summed E-state index contributed by atoms with van der Waals surface area (Å²) in [7, 11) is 2.10. The molecule has 46 heavy (non-hydrogen) atoms. The van der Waals surface area contributed by atoms with Crippen LogP contribution in [-0.4, -0.2) is 43.7 Å². The van der Waals surface area contributed by atoms with Gasteiger partial charge in [0.2, 0.25) is 0 Å². The molecule has 0 bridgehead atoms. The Morgan fingerprint density at radius 2 is 1.67 bits per heavy atom. The van der Waals surface area contributed by atoms with E-state index >= 15 is 0 Å². The van der Waals surface area contributed by atoms with Crippen molar-refractivity contribution in [1.29, 1.82) is 5.26 Å². The number of rotatable bonds is 9. The fraction of sp³-hybridized carbons (Fsp3) is 0.200. The molecular weight excluding hydrogens is 595 g/mol. The number of allylic oxidation sites excluding steroid dienone is 4. The summed E-state index contributed by atoms with van der Waals surface area (Å²) in [4.78, 5) is 20.3. The second-order valence-corrected chi connectivity index (χ2v) is 9.82. The van der Waals surface area contributed by atoms with E-state index in [1.165, 1.54) is 0 Å². The molecule has 0 radical (unpaired) electrons. The van der Waals surface area contributed by atoms with Gasteiger partial charge in [0.05, 0.1) is 24.9 Å². The van der Waals surface area contributed by atoms with Gasteiger partial charge in [-0.25, -0.2) is 15.0 Å². The number of ether oxygens (including phenoxy) is 1. The molecule has 0 aliphatic carbocycles. The monoisotopic (exact) mass is 624 g/mol. The maximum Gasteiger partial charge on any atom is 0.430 e. The van der Waals surface area contributed by atoms with Crippen molar-refractivity contribution in [3.05, 3.63) is 137 Å². The lowest BCUT2D eigenvalue weighted by atomic mass is 10.0. The third-order valence-electron chi connectivity index (χ3n) is 6.81. The molecular formula is C35H29F3N5O3-. The number of carboxylic acid groups (broad SMARTS) is 1. The molecule has 0 N–H and O–H groups in total. The number of carbonyl (C=O) groups is 1. The number of anilines is 1. The van der Waals surface area contributed by atoms with Gasteiger partial charge < -0.3 is 24.4 Å². The predicted molar refractivity (Wildman–Crippen MR) is 167 cm³/mol. The summed E-state index contributed by atoms with van der Waals surface area (Å²) >= 11 is 0. The van der Waals surface area contributed by atoms with E-state index in [9.17, 15) is 18.4 Å². The third-order valence-corrected chi connectivity index (χ3v) is 6.81. The van der Waals surface area contributed by atoms with E-state index in [2.05, 4.69) is 51.7 Å². The van der Waals surface area contributed by atoms with Crippen LogP contribution in [0.2, 0.25) is 0 Å². The molecule has 3 aromatic carbocycles. The van der Waals surface area contributed by atoms with Crippen molar-refractivity contribution in [1.82, 2.24) is 4.90 Å². The number of benzene rings is 3. The third kappa shape index (κ3) is 9.09. The summed E-state index contributed by atoms with van der Waals surface area (Å²) < 4.78 is 37.8. The van der Waals surface area contributed by atoms with Gasteiger partial charge >= 0.3 is 6.18 Å². The molecule has 0 fully saturated rings. The first kappa shape index (κ1) is 34.7. The van der Waals surface area contributed by atoms with Crippen LogP contribution in [0.25, 0.3) is 26.4 Å². The Kier molecular flexibility index (Phi) is 12.3. The molecule has 1 heterocycles. The second kappa shape index (κ2) is 16.3. The number of halogens is 3. The molecule has 11 heteroatoms. The van der Waals surface area contributed by atoms with Gasteiger partial charge in [-0.05, 0) is 61.5 Å². The fourth-order valence-electron chi connectivity index (χ4n) is 4.40. The summed E-state index contributed by atoms with van der Waals surface area (Å²) in [5.41, 5.74) is 4.24. The van der Waals surface area contributed by atoms with Crippen molar-refractivity contribution in [2.24, 2.45) is 0 Å². The number of carbonyl (C=O) groups excluding carboxylic acids is 1. The number of nitriles is 1. The molecule has 0 saturated heterocycles. The van der Waals surface area contributed by atoms with Crippen LogP contribution < -0.4 is 14.7 Å². The van der Waals surface area contributed by atoms with Crippen LogP contribution in [0, 0.1) is 24.5 Å². The minimum atomic E-state index is -5.19. The number of carboxylic acids is 1. The molecule has 1 aliphatic rings. The van der Waals surface area contributed by atoms with E-state index in [1.807, 2.05) is 54.6 Å². The Labute approximate surface area is 265 Å². The Balaban J connectivity index is 0.000000738. The fourth-order valence-corrected chi connectivity index (χ4v) is 4.40. The summed E-state index contributed by atoms with van der Waals surface area (Å²) in [5.74, 6) is -1.66. The van der Waals surface area contributed by atoms with Crippen LogP contribution in [-0.2, 0) is 4.79 Å². The molecule has 234 valence electrons. The van der Waals surface area contributed by atoms with Gasteiger partial charge in [-0.3, -0.25) is 0 Å². The van der Waals surface area contributed by atoms with Crippen molar-refractivity contribution in [2.75, 3.05) is 31.6 Å². The van der Waals surface area contributed by atoms with Crippen LogP contribution in [0.5, 0.6) is 5.75 Å². The molecule has 0 aromatic heterocycles. The zero-order chi connectivity index (χ0) is 33.7. The van der Waals surface area contributed by atoms with Crippen molar-refractivity contribution in [3.8, 4) is 22.9 Å². The minimum Gasteiger partial charge on any atom is -0.542 e. The molecule has 0 spiro atoms. The Bertz CT molecular complexity index is 1730. The van der Waals surface area contributed by atoms with E-state index < -0.39 is 12.1 Å². The number of nitrogens with zero attached hydrogens (tertiary/aromatic N) is 5. The van der Waals surface area contributed by atoms with Gasteiger partial charge in [-0.15, -0.1) is 0 Å². The summed E-state index contributed by atoms with van der Waals surface area (Å²) in [6, 6.07) is 27.4. The first-order valence-electron chi connectivity index (χ1n) is 14.0. The normalized spacial score (nSPS) is 13.8. The predicted octanol–water partition coefficient (Wildman–Crippen LogP) is 6.69. The second-order valence-electron chi connectivity index (χ2n) is 9.82. The largest absolute Gasteiger partial charge is 0.542 e. The van der Waals surface area contributed by atoms with Crippen molar-refractivity contribution < 1.29 is 27.8 Å². The molecule has 8 nitrogen and oxygen atoms in total. The van der Waals surface area contributed by atoms with Crippen LogP contribution >= 0.6 is 0 Å². The maximum atomic E-state index is 10.5. The molecule has 0 unspecified atom stereocenters. The minimum absolute atomic E-state index is 0.121. The summed E-state index contributed by atoms with van der Waals surface area (Å²) in [5, 5.41) is 18.4. The first-order chi connectivity index (χ1) is 22.0. The van der Waals surface area contributed by atoms with Crippen LogP contribution in [0.3, 0.4) is 0 Å². The van der Waals surface area contributed by atoms with Gasteiger partial charge in [0.1, 0.15) is 5.97 Å². The quantitative estimate of drug-likeness (QED) is 0.150. The van der Waals surface area contributed by atoms with Gasteiger partial charge in [0, 0.05) is 12.1 Å². The van der Waals surface area contributed by atoms with E-state index in [0.717, 1.165) is 48.6 Å². The Morgan fingerprint density at radius 3 is 2.22 bits per heavy atom. The van der Waals surface area contributed by atoms with Crippen LogP contribution in [0.4, 0.5) is 18.9 Å². The van der Waals surface area contributed by atoms with E-state index in [0.29, 0.717) is 17.0 Å². The lowest BCUT2D eigenvalue weighted by molar-refractivity contribution is -0.344. The number of alkyl halides is 3. The van der Waals surface area contributed by atoms with Crippen molar-refractivity contribution in [2.45, 2.75) is 19.5 Å². The molecule has 3 aromatic rings. The highest BCUT2D eigenvalue weighted by atomic mass is 19.4. The van der Waals surface area contributed by atoms with E-state index in [1.54, 1.807) is 24.3 Å². The molecule has 0 saturated carbocycles. The van der Waals surface area contributed by atoms with Gasteiger partial charge in [0.25, 0.3) is 5.70 Å². The lowest BCUT2D eigenvalue weighted by Gasteiger charge is -2.21. The van der Waals surface area contributed by atoms with E-state index in [-0.39, 0.29) is 11.4 Å². The Morgan fingerprint density at radius 1 is 1.04 bits per heavy atom. The zero-order valence-corrected chi connectivity index (χ0v) is 25.1. The molecule has 1 aliphatic heterocycles. The van der Waals surface area contributed by atoms with Gasteiger partial charge in [0.15, 0.2) is 17.3 Å². The molecule has 4 rings (SSSR count). The van der Waals surface area contributed by atoms with Gasteiger partial charge in [-0.1, -0.05) is 79.7 Å². The molecule has 0 amide bonds. The highest BCUT2D eigenvalue weighted by Crippen LogP contribution is 2.42. The van der Waals surface area contributed by atoms with Crippen molar-refractivity contribution in [3.63, 3.8) is 0 Å².